The molecule has 18 heavy (non-hydrogen) atoms. The van der Waals surface area contributed by atoms with Crippen LogP contribution in [-0.2, 0) is 0 Å². The van der Waals surface area contributed by atoms with Crippen molar-refractivity contribution in [2.75, 3.05) is 19.7 Å². The Labute approximate surface area is 111 Å². The Morgan fingerprint density at radius 1 is 1.39 bits per heavy atom. The fourth-order valence-electron chi connectivity index (χ4n) is 1.71. The molecule has 0 aliphatic carbocycles. The first-order valence-corrected chi connectivity index (χ1v) is 6.70. The Balaban J connectivity index is 2.41. The van der Waals surface area contributed by atoms with Gasteiger partial charge in [-0.1, -0.05) is 32.1 Å². The highest BCUT2D eigenvalue weighted by molar-refractivity contribution is 5.37. The minimum absolute atomic E-state index is 0.544. The number of hydrogen-bond donors (Lipinski definition) is 1. The smallest absolute Gasteiger partial charge is 0.122 e. The van der Waals surface area contributed by atoms with E-state index >= 15 is 0 Å². The Bertz CT molecular complexity index is 371. The molecule has 0 aromatic heterocycles. The summed E-state index contributed by atoms with van der Waals surface area (Å²) in [7, 11) is 0. The first-order chi connectivity index (χ1) is 8.65. The maximum absolute atomic E-state index is 5.84. The molecule has 0 bridgehead atoms. The molecule has 0 fully saturated rings. The van der Waals surface area contributed by atoms with Gasteiger partial charge in [-0.05, 0) is 43.0 Å². The lowest BCUT2D eigenvalue weighted by Crippen LogP contribution is -2.17. The fourth-order valence-corrected chi connectivity index (χ4v) is 1.71. The Hall–Kier alpha value is -1.28. The van der Waals surface area contributed by atoms with Crippen LogP contribution in [0.3, 0.4) is 0 Å². The fraction of sp³-hybridized carbons (Fsp3) is 0.500. The topological polar surface area (TPSA) is 21.3 Å². The average molecular weight is 247 g/mol. The number of nitrogens with one attached hydrogen (secondary N) is 1. The van der Waals surface area contributed by atoms with Gasteiger partial charge in [-0.25, -0.2) is 0 Å². The van der Waals surface area contributed by atoms with Gasteiger partial charge in [-0.15, -0.1) is 6.58 Å². The summed E-state index contributed by atoms with van der Waals surface area (Å²) in [4.78, 5) is 0. The van der Waals surface area contributed by atoms with E-state index in [2.05, 4.69) is 50.9 Å². The molecular formula is C16H25NO. The summed E-state index contributed by atoms with van der Waals surface area (Å²) in [6.45, 7) is 12.8. The van der Waals surface area contributed by atoms with Crippen molar-refractivity contribution in [3.63, 3.8) is 0 Å². The third kappa shape index (κ3) is 4.92. The van der Waals surface area contributed by atoms with Crippen molar-refractivity contribution in [2.45, 2.75) is 33.1 Å². The third-order valence-electron chi connectivity index (χ3n) is 2.92. The molecule has 100 valence electrons. The first-order valence-electron chi connectivity index (χ1n) is 6.70. The zero-order valence-corrected chi connectivity index (χ0v) is 11.8. The van der Waals surface area contributed by atoms with Crippen molar-refractivity contribution in [2.24, 2.45) is 0 Å². The van der Waals surface area contributed by atoms with Crippen LogP contribution in [0.5, 0.6) is 5.75 Å². The molecule has 2 nitrogen and oxygen atoms in total. The second kappa shape index (κ2) is 7.93. The van der Waals surface area contributed by atoms with E-state index in [9.17, 15) is 0 Å². The van der Waals surface area contributed by atoms with Crippen molar-refractivity contribution < 1.29 is 4.74 Å². The van der Waals surface area contributed by atoms with E-state index in [0.29, 0.717) is 5.92 Å². The minimum atomic E-state index is 0.544. The molecule has 0 aliphatic heterocycles. The highest BCUT2D eigenvalue weighted by atomic mass is 16.5. The summed E-state index contributed by atoms with van der Waals surface area (Å²) in [5, 5.41) is 3.27. The Kier molecular flexibility index (Phi) is 6.51. The van der Waals surface area contributed by atoms with E-state index in [1.54, 1.807) is 0 Å². The van der Waals surface area contributed by atoms with Crippen molar-refractivity contribution in [3.05, 3.63) is 42.0 Å². The largest absolute Gasteiger partial charge is 0.493 e. The lowest BCUT2D eigenvalue weighted by atomic mass is 10.0. The van der Waals surface area contributed by atoms with Crippen LogP contribution in [0.4, 0.5) is 0 Å². The Morgan fingerprint density at radius 2 is 2.17 bits per heavy atom. The van der Waals surface area contributed by atoms with Gasteiger partial charge in [0.05, 0.1) is 6.61 Å². The molecule has 1 rings (SSSR count). The van der Waals surface area contributed by atoms with E-state index in [0.717, 1.165) is 31.9 Å². The lowest BCUT2D eigenvalue weighted by molar-refractivity contribution is 0.306. The molecule has 2 heteroatoms. The predicted octanol–water partition coefficient (Wildman–Crippen LogP) is 3.66. The normalized spacial score (nSPS) is 10.7. The summed E-state index contributed by atoms with van der Waals surface area (Å²) in [5.41, 5.74) is 2.54. The second-order valence-corrected chi connectivity index (χ2v) is 4.87. The van der Waals surface area contributed by atoms with E-state index in [-0.39, 0.29) is 0 Å². The molecule has 1 aromatic rings. The maximum atomic E-state index is 5.84. The highest BCUT2D eigenvalue weighted by Crippen LogP contribution is 2.24. The van der Waals surface area contributed by atoms with E-state index < -0.39 is 0 Å². The molecule has 0 unspecified atom stereocenters. The number of rotatable bonds is 8. The number of aryl methyl sites for hydroxylation is 1. The molecule has 0 spiro atoms. The molecule has 0 heterocycles. The van der Waals surface area contributed by atoms with Crippen molar-refractivity contribution in [3.8, 4) is 5.75 Å². The average Bonchev–Trinajstić information content (AvgIpc) is 2.35. The first kappa shape index (κ1) is 14.8. The second-order valence-electron chi connectivity index (χ2n) is 4.87. The van der Waals surface area contributed by atoms with Gasteiger partial charge in [0.25, 0.3) is 0 Å². The molecule has 0 amide bonds. The Morgan fingerprint density at radius 3 is 2.83 bits per heavy atom. The summed E-state index contributed by atoms with van der Waals surface area (Å²) in [6, 6.07) is 6.48. The number of ether oxygens (including phenoxy) is 1. The van der Waals surface area contributed by atoms with Crippen LogP contribution < -0.4 is 10.1 Å². The van der Waals surface area contributed by atoms with Gasteiger partial charge in [0.1, 0.15) is 5.75 Å². The van der Waals surface area contributed by atoms with Gasteiger partial charge >= 0.3 is 0 Å². The van der Waals surface area contributed by atoms with Gasteiger partial charge < -0.3 is 10.1 Å². The highest BCUT2D eigenvalue weighted by Gasteiger charge is 2.04. The molecule has 0 atom stereocenters. The van der Waals surface area contributed by atoms with E-state index in [1.807, 2.05) is 6.08 Å². The molecule has 0 saturated heterocycles. The number of hydrogen-bond acceptors (Lipinski definition) is 2. The van der Waals surface area contributed by atoms with Crippen LogP contribution in [0.1, 0.15) is 37.3 Å². The minimum Gasteiger partial charge on any atom is -0.493 e. The zero-order valence-electron chi connectivity index (χ0n) is 11.8. The van der Waals surface area contributed by atoms with Gasteiger partial charge in [-0.3, -0.25) is 0 Å². The summed E-state index contributed by atoms with van der Waals surface area (Å²) >= 11 is 0. The van der Waals surface area contributed by atoms with Gasteiger partial charge in [0.2, 0.25) is 0 Å². The molecular weight excluding hydrogens is 222 g/mol. The molecule has 1 aromatic carbocycles. The van der Waals surface area contributed by atoms with Crippen LogP contribution in [0.2, 0.25) is 0 Å². The van der Waals surface area contributed by atoms with Crippen LogP contribution in [0, 0.1) is 6.92 Å². The van der Waals surface area contributed by atoms with Crippen molar-refractivity contribution in [1.82, 2.24) is 5.32 Å². The molecule has 0 saturated carbocycles. The van der Waals surface area contributed by atoms with E-state index in [1.165, 1.54) is 11.1 Å². The van der Waals surface area contributed by atoms with Crippen LogP contribution >= 0.6 is 0 Å². The summed E-state index contributed by atoms with van der Waals surface area (Å²) < 4.78 is 5.84. The molecule has 1 N–H and O–H groups in total. The van der Waals surface area contributed by atoms with Crippen LogP contribution in [0.25, 0.3) is 0 Å². The summed E-state index contributed by atoms with van der Waals surface area (Å²) in [6.07, 6.45) is 2.89. The van der Waals surface area contributed by atoms with Gasteiger partial charge in [0.15, 0.2) is 0 Å². The van der Waals surface area contributed by atoms with Crippen molar-refractivity contribution in [1.29, 1.82) is 0 Å². The maximum Gasteiger partial charge on any atom is 0.122 e. The van der Waals surface area contributed by atoms with Crippen molar-refractivity contribution >= 4 is 0 Å². The zero-order chi connectivity index (χ0) is 13.4. The van der Waals surface area contributed by atoms with Gasteiger partial charge in [0, 0.05) is 6.54 Å². The quantitative estimate of drug-likeness (QED) is 0.559. The van der Waals surface area contributed by atoms with Crippen LogP contribution in [-0.4, -0.2) is 19.7 Å². The standard InChI is InChI=1S/C16H25NO/c1-5-9-17-10-6-11-18-16-12-15(13(2)3)8-7-14(16)4/h5,7-8,12-13,17H,1,6,9-11H2,2-4H3. The van der Waals surface area contributed by atoms with E-state index in [4.69, 9.17) is 4.74 Å². The molecule has 0 radical (unpaired) electrons. The monoisotopic (exact) mass is 247 g/mol. The van der Waals surface area contributed by atoms with Gasteiger partial charge in [-0.2, -0.15) is 0 Å². The third-order valence-corrected chi connectivity index (χ3v) is 2.92. The molecule has 0 aliphatic rings. The predicted molar refractivity (Wildman–Crippen MR) is 78.4 cm³/mol. The lowest BCUT2D eigenvalue weighted by Gasteiger charge is -2.12. The van der Waals surface area contributed by atoms with Crippen LogP contribution in [0.15, 0.2) is 30.9 Å². The SMILES string of the molecule is C=CCNCCCOc1cc(C(C)C)ccc1C. The number of benzene rings is 1. The summed E-state index contributed by atoms with van der Waals surface area (Å²) in [5.74, 6) is 1.56.